The van der Waals surface area contributed by atoms with Crippen LogP contribution in [0.25, 0.3) is 0 Å². The van der Waals surface area contributed by atoms with E-state index in [0.717, 1.165) is 0 Å². The van der Waals surface area contributed by atoms with Gasteiger partial charge in [-0.3, -0.25) is 0 Å². The van der Waals surface area contributed by atoms with Gasteiger partial charge in [0.05, 0.1) is 0 Å². The average molecular weight is 127 g/mol. The van der Waals surface area contributed by atoms with Gasteiger partial charge in [-0.1, -0.05) is 0 Å². The molecule has 0 aromatic rings. The molecular formula is HAsFO2. The molecule has 0 bridgehead atoms. The van der Waals surface area contributed by atoms with E-state index in [0.29, 0.717) is 0 Å². The molecule has 1 unspecified atom stereocenters. The van der Waals surface area contributed by atoms with Crippen LogP contribution >= 0.6 is 0 Å². The molecule has 1 N–H and O–H groups in total. The zero-order chi connectivity index (χ0) is 3.58. The molecule has 0 aliphatic rings. The standard InChI is InChI=1S/AsFHO2/c2-1(3)4/h(H,3,4). The van der Waals surface area contributed by atoms with Crippen LogP contribution in [0, 0.1) is 0 Å². The average Bonchev–Trinajstić information content (AvgIpc) is 0.811. The van der Waals surface area contributed by atoms with Crippen LogP contribution in [0.15, 0.2) is 0 Å². The van der Waals surface area contributed by atoms with E-state index < -0.39 is 15.4 Å². The molecule has 0 amide bonds. The van der Waals surface area contributed by atoms with Gasteiger partial charge in [0.1, 0.15) is 0 Å². The monoisotopic (exact) mass is 127 g/mol. The van der Waals surface area contributed by atoms with Crippen molar-refractivity contribution in [2.45, 2.75) is 0 Å². The van der Waals surface area contributed by atoms with Crippen LogP contribution < -0.4 is 0 Å². The first-order chi connectivity index (χ1) is 1.73. The van der Waals surface area contributed by atoms with Gasteiger partial charge < -0.3 is 0 Å². The van der Waals surface area contributed by atoms with Crippen molar-refractivity contribution in [3.05, 3.63) is 0 Å². The molecule has 4 heteroatoms. The third kappa shape index (κ3) is 56.8. The number of rotatable bonds is 0. The summed E-state index contributed by atoms with van der Waals surface area (Å²) in [6, 6.07) is 0. The topological polar surface area (TPSA) is 37.3 Å². The van der Waals surface area contributed by atoms with Crippen molar-refractivity contribution in [2.24, 2.45) is 0 Å². The fourth-order valence-electron chi connectivity index (χ4n) is 0. The number of hydrogen-bond donors (Lipinski definition) is 1. The Labute approximate surface area is 27.6 Å². The predicted octanol–water partition coefficient (Wildman–Crippen LogP) is -0.636. The van der Waals surface area contributed by atoms with E-state index in [2.05, 4.69) is 0 Å². The normalized spacial score (nSPS) is 11.0. The molecule has 0 aromatic heterocycles. The molecule has 1 atom stereocenters. The fourth-order valence-corrected chi connectivity index (χ4v) is 0. The van der Waals surface area contributed by atoms with Crippen molar-refractivity contribution in [1.29, 1.82) is 0 Å². The summed E-state index contributed by atoms with van der Waals surface area (Å²) in [4.78, 5) is 0. The molecule has 0 aliphatic heterocycles. The predicted molar refractivity (Wildman–Crippen MR) is 9.77 cm³/mol. The molecule has 0 fully saturated rings. The van der Waals surface area contributed by atoms with E-state index in [-0.39, 0.29) is 0 Å². The summed E-state index contributed by atoms with van der Waals surface area (Å²) >= 11 is -3.94. The Bertz CT molecular complexity index is 29.0. The van der Waals surface area contributed by atoms with Gasteiger partial charge in [0.25, 0.3) is 0 Å². The first kappa shape index (κ1) is 4.25. The third-order valence-corrected chi connectivity index (χ3v) is 0. The van der Waals surface area contributed by atoms with Gasteiger partial charge in [-0.25, -0.2) is 0 Å². The van der Waals surface area contributed by atoms with Crippen molar-refractivity contribution in [1.82, 2.24) is 0 Å². The van der Waals surface area contributed by atoms with Crippen LogP contribution in [0.4, 0.5) is 3.47 Å². The Morgan fingerprint density at radius 3 is 2.00 bits per heavy atom. The molecule has 0 spiro atoms. The molecule has 0 rings (SSSR count). The van der Waals surface area contributed by atoms with Gasteiger partial charge in [-0.05, 0) is 0 Å². The molecule has 4 heavy (non-hydrogen) atoms. The Morgan fingerprint density at radius 1 is 2.00 bits per heavy atom. The van der Waals surface area contributed by atoms with Crippen molar-refractivity contribution in [2.75, 3.05) is 0 Å². The van der Waals surface area contributed by atoms with E-state index in [1.807, 2.05) is 0 Å². The van der Waals surface area contributed by atoms with Gasteiger partial charge in [0, 0.05) is 0 Å². The molecule has 0 aliphatic carbocycles. The maximum absolute atomic E-state index is 10.1. The van der Waals surface area contributed by atoms with Gasteiger partial charge in [0.15, 0.2) is 0 Å². The van der Waals surface area contributed by atoms with Crippen LogP contribution in [0.1, 0.15) is 0 Å². The second-order valence-corrected chi connectivity index (χ2v) is 1.18. The van der Waals surface area contributed by atoms with Gasteiger partial charge in [-0.2, -0.15) is 0 Å². The maximum atomic E-state index is 10.1. The Kier molecular flexibility index (Phi) is 1.65. The molecule has 0 saturated carbocycles. The molecular weight excluding hydrogens is 126 g/mol. The van der Waals surface area contributed by atoms with Crippen molar-refractivity contribution < 1.29 is 11.3 Å². The molecule has 25 valence electrons. The SMILES string of the molecule is O=[As](O)F. The molecule has 1 radical (unpaired) electrons. The van der Waals surface area contributed by atoms with Crippen LogP contribution in [-0.4, -0.2) is 19.5 Å². The molecule has 0 aromatic carbocycles. The fraction of sp³-hybridized carbons (Fsp3) is 0. The molecule has 2 nitrogen and oxygen atoms in total. The van der Waals surface area contributed by atoms with Gasteiger partial charge >= 0.3 is 26.7 Å². The number of hydrogen-bond acceptors (Lipinski definition) is 1. The van der Waals surface area contributed by atoms with Crippen LogP contribution in [0.5, 0.6) is 0 Å². The Morgan fingerprint density at radius 2 is 2.00 bits per heavy atom. The van der Waals surface area contributed by atoms with Crippen molar-refractivity contribution in [3.8, 4) is 0 Å². The van der Waals surface area contributed by atoms with E-state index in [1.54, 1.807) is 0 Å². The molecule has 0 heterocycles. The minimum absolute atomic E-state index is 3.94. The zero-order valence-corrected chi connectivity index (χ0v) is 3.56. The van der Waals surface area contributed by atoms with E-state index in [1.165, 1.54) is 0 Å². The summed E-state index contributed by atoms with van der Waals surface area (Å²) in [5.41, 5.74) is 0. The Hall–Kier alpha value is 0.248. The van der Waals surface area contributed by atoms with Crippen LogP contribution in [0.2, 0.25) is 0 Å². The van der Waals surface area contributed by atoms with E-state index in [4.69, 9.17) is 7.84 Å². The quantitative estimate of drug-likeness (QED) is 0.439. The van der Waals surface area contributed by atoms with Crippen LogP contribution in [0.3, 0.4) is 0 Å². The summed E-state index contributed by atoms with van der Waals surface area (Å²) in [5, 5.41) is 0. The second kappa shape index (κ2) is 1.56. The first-order valence-corrected chi connectivity index (χ1v) is 2.87. The van der Waals surface area contributed by atoms with Gasteiger partial charge in [-0.15, -0.1) is 0 Å². The third-order valence-electron chi connectivity index (χ3n) is 0. The van der Waals surface area contributed by atoms with Gasteiger partial charge in [0.2, 0.25) is 0 Å². The summed E-state index contributed by atoms with van der Waals surface area (Å²) < 4.78 is 25.7. The summed E-state index contributed by atoms with van der Waals surface area (Å²) in [7, 11) is 0. The van der Waals surface area contributed by atoms with Crippen LogP contribution in [-0.2, 0) is 3.74 Å². The second-order valence-electron chi connectivity index (χ2n) is 0.226. The van der Waals surface area contributed by atoms with E-state index in [9.17, 15) is 3.47 Å². The minimum atomic E-state index is -3.94. The van der Waals surface area contributed by atoms with E-state index >= 15 is 0 Å². The Balaban J connectivity index is 2.80. The zero-order valence-electron chi connectivity index (χ0n) is 1.68. The number of halogens is 1. The molecule has 0 saturated heterocycles. The summed E-state index contributed by atoms with van der Waals surface area (Å²) in [6.07, 6.45) is 0. The summed E-state index contributed by atoms with van der Waals surface area (Å²) in [5.74, 6) is 0. The first-order valence-electron chi connectivity index (χ1n) is 0.552. The summed E-state index contributed by atoms with van der Waals surface area (Å²) in [6.45, 7) is 0. The van der Waals surface area contributed by atoms with Crippen molar-refractivity contribution in [3.63, 3.8) is 0 Å². The van der Waals surface area contributed by atoms with Crippen molar-refractivity contribution >= 4 is 15.4 Å².